The minimum atomic E-state index is -0.942. The Balaban J connectivity index is 2.60. The molecule has 0 bridgehead atoms. The first-order valence-electron chi connectivity index (χ1n) is 5.54. The van der Waals surface area contributed by atoms with Gasteiger partial charge < -0.3 is 15.1 Å². The molecular formula is C12H16N2O3S2. The number of thiocarbonyl (C=S) groups is 1. The molecule has 0 spiro atoms. The van der Waals surface area contributed by atoms with E-state index in [2.05, 4.69) is 4.72 Å². The minimum Gasteiger partial charge on any atom is -0.508 e. The van der Waals surface area contributed by atoms with Gasteiger partial charge >= 0.3 is 5.97 Å². The Kier molecular flexibility index (Phi) is 6.07. The van der Waals surface area contributed by atoms with Crippen molar-refractivity contribution in [2.24, 2.45) is 0 Å². The van der Waals surface area contributed by atoms with E-state index < -0.39 is 12.0 Å². The van der Waals surface area contributed by atoms with Gasteiger partial charge in [-0.1, -0.05) is 24.4 Å². The van der Waals surface area contributed by atoms with Crippen LogP contribution in [0.3, 0.4) is 0 Å². The topological polar surface area (TPSA) is 72.8 Å². The third-order valence-electron chi connectivity index (χ3n) is 2.33. The van der Waals surface area contributed by atoms with Gasteiger partial charge in [-0.25, -0.2) is 4.72 Å². The minimum absolute atomic E-state index is 0.159. The number of phenols is 1. The molecule has 5 nitrogen and oxygen atoms in total. The molecule has 0 radical (unpaired) electrons. The Labute approximate surface area is 121 Å². The summed E-state index contributed by atoms with van der Waals surface area (Å²) in [5.41, 5.74) is 0.828. The molecule has 0 fully saturated rings. The van der Waals surface area contributed by atoms with E-state index in [-0.39, 0.29) is 5.75 Å². The van der Waals surface area contributed by atoms with Crippen LogP contribution in [0, 0.1) is 0 Å². The number of aromatic hydroxyl groups is 1. The standard InChI is InChI=1S/C12H16N2O3S2/c1-14(2)12(18)19-13-10(11(16)17)7-8-3-5-9(15)6-4-8/h3-6,10,13,15H,7H2,1-2H3,(H,16,17)/t10-/m0/s1. The van der Waals surface area contributed by atoms with Crippen molar-refractivity contribution in [2.75, 3.05) is 14.1 Å². The second kappa shape index (κ2) is 7.32. The summed E-state index contributed by atoms with van der Waals surface area (Å²) in [7, 11) is 3.60. The SMILES string of the molecule is CN(C)C(=S)SN[C@@H](Cc1ccc(O)cc1)C(=O)O. The molecular weight excluding hydrogens is 284 g/mol. The van der Waals surface area contributed by atoms with Gasteiger partial charge in [-0.15, -0.1) is 0 Å². The maximum Gasteiger partial charge on any atom is 0.321 e. The molecule has 1 rings (SSSR count). The van der Waals surface area contributed by atoms with E-state index >= 15 is 0 Å². The molecule has 104 valence electrons. The molecule has 1 aromatic rings. The number of aliphatic carboxylic acids is 1. The zero-order chi connectivity index (χ0) is 14.4. The predicted octanol–water partition coefficient (Wildman–Crippen LogP) is 1.47. The predicted molar refractivity (Wildman–Crippen MR) is 80.2 cm³/mol. The number of benzene rings is 1. The van der Waals surface area contributed by atoms with E-state index in [1.54, 1.807) is 31.1 Å². The molecule has 19 heavy (non-hydrogen) atoms. The van der Waals surface area contributed by atoms with Crippen molar-refractivity contribution in [1.82, 2.24) is 9.62 Å². The Morgan fingerprint density at radius 1 is 1.42 bits per heavy atom. The smallest absolute Gasteiger partial charge is 0.321 e. The average Bonchev–Trinajstić information content (AvgIpc) is 2.35. The molecule has 7 heteroatoms. The van der Waals surface area contributed by atoms with Crippen molar-refractivity contribution in [2.45, 2.75) is 12.5 Å². The summed E-state index contributed by atoms with van der Waals surface area (Å²) in [4.78, 5) is 12.9. The molecule has 0 aliphatic heterocycles. The highest BCUT2D eigenvalue weighted by Crippen LogP contribution is 2.13. The molecule has 0 saturated carbocycles. The number of hydrogen-bond acceptors (Lipinski definition) is 5. The molecule has 0 saturated heterocycles. The fourth-order valence-electron chi connectivity index (χ4n) is 1.26. The number of nitrogens with one attached hydrogen (secondary N) is 1. The van der Waals surface area contributed by atoms with Gasteiger partial charge in [-0.2, -0.15) is 0 Å². The lowest BCUT2D eigenvalue weighted by Crippen LogP contribution is -2.36. The van der Waals surface area contributed by atoms with Crippen LogP contribution >= 0.6 is 24.2 Å². The third-order valence-corrected chi connectivity index (χ3v) is 3.89. The van der Waals surface area contributed by atoms with Gasteiger partial charge in [0.25, 0.3) is 0 Å². The van der Waals surface area contributed by atoms with Crippen LogP contribution < -0.4 is 4.72 Å². The maximum absolute atomic E-state index is 11.2. The Morgan fingerprint density at radius 3 is 2.47 bits per heavy atom. The van der Waals surface area contributed by atoms with Gasteiger partial charge in [0.15, 0.2) is 4.32 Å². The number of carboxylic acids is 1. The van der Waals surface area contributed by atoms with E-state index in [4.69, 9.17) is 17.3 Å². The van der Waals surface area contributed by atoms with Crippen LogP contribution in [0.15, 0.2) is 24.3 Å². The number of hydrogen-bond donors (Lipinski definition) is 3. The van der Waals surface area contributed by atoms with Gasteiger partial charge in [0.2, 0.25) is 0 Å². The number of nitrogens with zero attached hydrogens (tertiary/aromatic N) is 1. The van der Waals surface area contributed by atoms with Crippen LogP contribution in [-0.2, 0) is 11.2 Å². The summed E-state index contributed by atoms with van der Waals surface area (Å²) in [6.07, 6.45) is 0.318. The lowest BCUT2D eigenvalue weighted by molar-refractivity contribution is -0.138. The summed E-state index contributed by atoms with van der Waals surface area (Å²) in [5.74, 6) is -0.783. The second-order valence-electron chi connectivity index (χ2n) is 4.14. The Hall–Kier alpha value is -1.31. The van der Waals surface area contributed by atoms with E-state index in [1.165, 1.54) is 12.1 Å². The number of phenolic OH excluding ortho intramolecular Hbond substituents is 1. The molecule has 0 aliphatic carbocycles. The second-order valence-corrected chi connectivity index (χ2v) is 5.61. The van der Waals surface area contributed by atoms with Gasteiger partial charge in [0, 0.05) is 14.1 Å². The number of carboxylic acid groups (broad SMARTS) is 1. The zero-order valence-electron chi connectivity index (χ0n) is 10.7. The highest BCUT2D eigenvalue weighted by Gasteiger charge is 2.18. The highest BCUT2D eigenvalue weighted by molar-refractivity contribution is 8.21. The van der Waals surface area contributed by atoms with Crippen LogP contribution in [-0.4, -0.2) is 45.5 Å². The van der Waals surface area contributed by atoms with Gasteiger partial charge in [0.05, 0.1) is 0 Å². The van der Waals surface area contributed by atoms with Crippen molar-refractivity contribution in [3.63, 3.8) is 0 Å². The highest BCUT2D eigenvalue weighted by atomic mass is 32.2. The summed E-state index contributed by atoms with van der Waals surface area (Å²) in [6.45, 7) is 0. The summed E-state index contributed by atoms with van der Waals surface area (Å²) in [6, 6.07) is 5.72. The third kappa shape index (κ3) is 5.46. The van der Waals surface area contributed by atoms with E-state index in [0.29, 0.717) is 10.7 Å². The van der Waals surface area contributed by atoms with E-state index in [0.717, 1.165) is 17.5 Å². The Bertz CT molecular complexity index is 449. The van der Waals surface area contributed by atoms with Gasteiger partial charge in [0.1, 0.15) is 11.8 Å². The van der Waals surface area contributed by atoms with Crippen LogP contribution in [0.1, 0.15) is 5.56 Å². The lowest BCUT2D eigenvalue weighted by Gasteiger charge is -2.17. The maximum atomic E-state index is 11.2. The molecule has 0 heterocycles. The summed E-state index contributed by atoms with van der Waals surface area (Å²) in [5, 5.41) is 18.3. The van der Waals surface area contributed by atoms with Gasteiger partial charge in [-0.3, -0.25) is 4.79 Å². The molecule has 1 atom stereocenters. The van der Waals surface area contributed by atoms with Crippen LogP contribution in [0.4, 0.5) is 0 Å². The van der Waals surface area contributed by atoms with Gasteiger partial charge in [-0.05, 0) is 36.1 Å². The molecule has 3 N–H and O–H groups in total. The van der Waals surface area contributed by atoms with Crippen molar-refractivity contribution >= 4 is 34.5 Å². The first kappa shape index (κ1) is 15.7. The average molecular weight is 300 g/mol. The fraction of sp³-hybridized carbons (Fsp3) is 0.333. The fourth-order valence-corrected chi connectivity index (χ4v) is 2.01. The zero-order valence-corrected chi connectivity index (χ0v) is 12.3. The number of rotatable bonds is 5. The first-order valence-corrected chi connectivity index (χ1v) is 6.77. The van der Waals surface area contributed by atoms with Crippen molar-refractivity contribution in [3.05, 3.63) is 29.8 Å². The summed E-state index contributed by atoms with van der Waals surface area (Å²) < 4.78 is 3.40. The molecule has 0 unspecified atom stereocenters. The van der Waals surface area contributed by atoms with Crippen molar-refractivity contribution in [3.8, 4) is 5.75 Å². The first-order chi connectivity index (χ1) is 8.90. The monoisotopic (exact) mass is 300 g/mol. The normalized spacial score (nSPS) is 11.9. The summed E-state index contributed by atoms with van der Waals surface area (Å²) >= 11 is 6.19. The molecule has 1 aromatic carbocycles. The Morgan fingerprint density at radius 2 is 2.00 bits per heavy atom. The largest absolute Gasteiger partial charge is 0.508 e. The van der Waals surface area contributed by atoms with Crippen LogP contribution in [0.2, 0.25) is 0 Å². The van der Waals surface area contributed by atoms with E-state index in [1.807, 2.05) is 0 Å². The quantitative estimate of drug-likeness (QED) is 0.562. The number of carbonyl (C=O) groups is 1. The van der Waals surface area contributed by atoms with Crippen LogP contribution in [0.5, 0.6) is 5.75 Å². The van der Waals surface area contributed by atoms with Crippen LogP contribution in [0.25, 0.3) is 0 Å². The molecule has 0 aliphatic rings. The van der Waals surface area contributed by atoms with E-state index in [9.17, 15) is 9.90 Å². The van der Waals surface area contributed by atoms with Crippen molar-refractivity contribution < 1.29 is 15.0 Å². The molecule has 0 aromatic heterocycles. The lowest BCUT2D eigenvalue weighted by atomic mass is 10.1. The van der Waals surface area contributed by atoms with Crippen molar-refractivity contribution in [1.29, 1.82) is 0 Å². The molecule has 0 amide bonds.